The van der Waals surface area contributed by atoms with Crippen molar-refractivity contribution in [3.05, 3.63) is 97.6 Å². The number of benzene rings is 3. The van der Waals surface area contributed by atoms with E-state index in [4.69, 9.17) is 20.2 Å². The smallest absolute Gasteiger partial charge is 0.264 e. The van der Waals surface area contributed by atoms with Gasteiger partial charge in [-0.05, 0) is 43.7 Å². The first-order valence-corrected chi connectivity index (χ1v) is 18.3. The number of hydrogen-bond acceptors (Lipinski definition) is 9. The summed E-state index contributed by atoms with van der Waals surface area (Å²) in [5.74, 6) is -1.59. The summed E-state index contributed by atoms with van der Waals surface area (Å²) in [5.41, 5.74) is 6.42. The number of methoxy groups -OCH3 is 1. The molecule has 13 heteroatoms. The Kier molecular flexibility index (Phi) is 10.1. The summed E-state index contributed by atoms with van der Waals surface area (Å²) < 4.78 is 40.3. The Morgan fingerprint density at radius 2 is 1.78 bits per heavy atom. The number of fused-ring (bicyclic) bond motifs is 1. The number of pyridine rings is 1. The molecule has 1 aromatic heterocycles. The average molecular weight is 712 g/mol. The summed E-state index contributed by atoms with van der Waals surface area (Å²) in [4.78, 5) is 47.8. The number of amides is 3. The van der Waals surface area contributed by atoms with Crippen molar-refractivity contribution < 1.29 is 32.3 Å². The fourth-order valence-electron chi connectivity index (χ4n) is 6.58. The lowest BCUT2D eigenvalue weighted by Crippen LogP contribution is -2.56. The van der Waals surface area contributed by atoms with Gasteiger partial charge >= 0.3 is 0 Å². The number of hydrogen-bond donors (Lipinski definition) is 3. The van der Waals surface area contributed by atoms with Crippen LogP contribution in [0.4, 0.5) is 0 Å². The van der Waals surface area contributed by atoms with Crippen LogP contribution in [0.15, 0.2) is 102 Å². The molecule has 2 aliphatic rings. The van der Waals surface area contributed by atoms with Crippen LogP contribution >= 0.6 is 0 Å². The Balaban J connectivity index is 1.29. The number of rotatable bonds is 13. The third-order valence-corrected chi connectivity index (χ3v) is 10.9. The van der Waals surface area contributed by atoms with Crippen molar-refractivity contribution in [2.24, 2.45) is 17.6 Å². The standard InChI is InChI=1S/C38H41N5O7S/c1-4-26-22-38(26,37(46)42-51(47,48)29-13-9-6-10-14-29)41-35(44)33-20-28(23-43(33)36(45)24(2)17-18-39)50-34-21-31(25-11-7-5-8-12-25)40-32-19-27(49-3)15-16-30(32)34/h4-16,19,21,24,26,28,33H,1,17-18,20,22-23,39H2,2-3H3,(H,41,44)(H,42,46)/t24-,26+,28+,33-,38+/m0/s1. The number of nitrogens with one attached hydrogen (secondary N) is 2. The molecule has 4 N–H and O–H groups in total. The first-order chi connectivity index (χ1) is 24.5. The van der Waals surface area contributed by atoms with Crippen LogP contribution in [-0.4, -0.2) is 73.9 Å². The molecule has 6 rings (SSSR count). The minimum Gasteiger partial charge on any atom is -0.497 e. The Labute approximate surface area is 297 Å². The molecule has 2 fully saturated rings. The van der Waals surface area contributed by atoms with E-state index in [9.17, 15) is 22.8 Å². The second-order valence-corrected chi connectivity index (χ2v) is 14.7. The van der Waals surface area contributed by atoms with Crippen LogP contribution < -0.4 is 25.2 Å². The van der Waals surface area contributed by atoms with Gasteiger partial charge in [0.05, 0.1) is 29.8 Å². The normalized spacial score (nSPS) is 21.8. The van der Waals surface area contributed by atoms with Crippen LogP contribution in [0.1, 0.15) is 26.2 Å². The summed E-state index contributed by atoms with van der Waals surface area (Å²) in [6, 6.07) is 23.4. The van der Waals surface area contributed by atoms with Crippen LogP contribution in [-0.2, 0) is 24.4 Å². The van der Waals surface area contributed by atoms with Crippen LogP contribution in [0.5, 0.6) is 11.5 Å². The molecule has 0 unspecified atom stereocenters. The lowest BCUT2D eigenvalue weighted by atomic mass is 10.1. The van der Waals surface area contributed by atoms with Gasteiger partial charge in [-0.2, -0.15) is 0 Å². The van der Waals surface area contributed by atoms with E-state index in [1.54, 1.807) is 32.2 Å². The molecule has 1 saturated carbocycles. The number of aromatic nitrogens is 1. The number of ether oxygens (including phenoxy) is 2. The maximum Gasteiger partial charge on any atom is 0.264 e. The summed E-state index contributed by atoms with van der Waals surface area (Å²) in [6.07, 6.45) is 1.58. The van der Waals surface area contributed by atoms with E-state index in [-0.39, 0.29) is 36.7 Å². The second-order valence-electron chi connectivity index (χ2n) is 13.0. The Morgan fingerprint density at radius 3 is 2.43 bits per heavy atom. The van der Waals surface area contributed by atoms with E-state index < -0.39 is 51.4 Å². The number of sulfonamides is 1. The average Bonchev–Trinajstić information content (AvgIpc) is 3.70. The molecule has 3 aromatic carbocycles. The van der Waals surface area contributed by atoms with Gasteiger partial charge in [0, 0.05) is 41.3 Å². The molecule has 1 aliphatic carbocycles. The highest BCUT2D eigenvalue weighted by molar-refractivity contribution is 7.90. The summed E-state index contributed by atoms with van der Waals surface area (Å²) >= 11 is 0. The third kappa shape index (κ3) is 7.31. The molecule has 266 valence electrons. The van der Waals surface area contributed by atoms with Gasteiger partial charge in [0.2, 0.25) is 11.8 Å². The molecule has 5 atom stereocenters. The quantitative estimate of drug-likeness (QED) is 0.175. The number of nitrogens with two attached hydrogens (primary N) is 1. The van der Waals surface area contributed by atoms with Crippen molar-refractivity contribution >= 4 is 38.6 Å². The lowest BCUT2D eigenvalue weighted by molar-refractivity contribution is -0.142. The largest absolute Gasteiger partial charge is 0.497 e. The Hall–Kier alpha value is -5.27. The van der Waals surface area contributed by atoms with Crippen molar-refractivity contribution in [3.8, 4) is 22.8 Å². The van der Waals surface area contributed by atoms with Gasteiger partial charge in [-0.15, -0.1) is 6.58 Å². The van der Waals surface area contributed by atoms with Crippen molar-refractivity contribution in [3.63, 3.8) is 0 Å². The van der Waals surface area contributed by atoms with Crippen LogP contribution in [0.2, 0.25) is 0 Å². The molecular formula is C38H41N5O7S. The molecule has 2 heterocycles. The first-order valence-electron chi connectivity index (χ1n) is 16.8. The lowest BCUT2D eigenvalue weighted by Gasteiger charge is -2.28. The minimum atomic E-state index is -4.21. The monoisotopic (exact) mass is 711 g/mol. The van der Waals surface area contributed by atoms with E-state index in [1.165, 1.54) is 23.1 Å². The van der Waals surface area contributed by atoms with Gasteiger partial charge < -0.3 is 25.4 Å². The maximum atomic E-state index is 14.1. The number of likely N-dealkylation sites (tertiary alicyclic amines) is 1. The SMILES string of the molecule is C=C[C@@H]1C[C@]1(NC(=O)[C@@H]1C[C@@H](Oc2cc(-c3ccccc3)nc3cc(OC)ccc23)CN1C(=O)[C@@H](C)CCN)C(=O)NS(=O)(=O)c1ccccc1. The minimum absolute atomic E-state index is 0.0884. The number of carbonyl (C=O) groups excluding carboxylic acids is 3. The van der Waals surface area contributed by atoms with Crippen LogP contribution in [0.25, 0.3) is 22.2 Å². The summed E-state index contributed by atoms with van der Waals surface area (Å²) in [7, 11) is -2.64. The number of carbonyl (C=O) groups is 3. The predicted octanol–water partition coefficient (Wildman–Crippen LogP) is 3.81. The summed E-state index contributed by atoms with van der Waals surface area (Å²) in [6.45, 7) is 5.92. The van der Waals surface area contributed by atoms with Gasteiger partial charge in [0.1, 0.15) is 29.2 Å². The molecule has 0 bridgehead atoms. The highest BCUT2D eigenvalue weighted by atomic mass is 32.2. The predicted molar refractivity (Wildman–Crippen MR) is 192 cm³/mol. The van der Waals surface area contributed by atoms with Crippen molar-refractivity contribution in [1.29, 1.82) is 0 Å². The molecule has 0 spiro atoms. The summed E-state index contributed by atoms with van der Waals surface area (Å²) in [5, 5.41) is 3.53. The fraction of sp³-hybridized carbons (Fsp3) is 0.316. The van der Waals surface area contributed by atoms with Crippen molar-refractivity contribution in [2.45, 2.75) is 48.8 Å². The highest BCUT2D eigenvalue weighted by Gasteiger charge is 2.61. The van der Waals surface area contributed by atoms with Gasteiger partial charge in [0.15, 0.2) is 0 Å². The van der Waals surface area contributed by atoms with Gasteiger partial charge in [-0.25, -0.2) is 18.1 Å². The zero-order chi connectivity index (χ0) is 36.3. The third-order valence-electron chi connectivity index (χ3n) is 9.54. The molecule has 0 radical (unpaired) electrons. The van der Waals surface area contributed by atoms with Gasteiger partial charge in [-0.3, -0.25) is 14.4 Å². The molecule has 51 heavy (non-hydrogen) atoms. The van der Waals surface area contributed by atoms with E-state index in [2.05, 4.69) is 16.6 Å². The Morgan fingerprint density at radius 1 is 1.08 bits per heavy atom. The topological polar surface area (TPSA) is 170 Å². The van der Waals surface area contributed by atoms with E-state index in [0.717, 1.165) is 10.9 Å². The zero-order valence-electron chi connectivity index (χ0n) is 28.5. The van der Waals surface area contributed by atoms with Crippen molar-refractivity contribution in [2.75, 3.05) is 20.2 Å². The molecule has 3 amide bonds. The Bertz CT molecular complexity index is 2060. The maximum absolute atomic E-state index is 14.1. The highest BCUT2D eigenvalue weighted by Crippen LogP contribution is 2.45. The fourth-order valence-corrected chi connectivity index (χ4v) is 7.64. The first kappa shape index (κ1) is 35.6. The van der Waals surface area contributed by atoms with Crippen molar-refractivity contribution in [1.82, 2.24) is 19.9 Å². The molecule has 1 saturated heterocycles. The van der Waals surface area contributed by atoms with Crippen LogP contribution in [0.3, 0.4) is 0 Å². The van der Waals surface area contributed by atoms with Gasteiger partial charge in [0.25, 0.3) is 15.9 Å². The number of nitrogens with zero attached hydrogens (tertiary/aromatic N) is 2. The second kappa shape index (κ2) is 14.5. The van der Waals surface area contributed by atoms with Crippen LogP contribution in [0, 0.1) is 11.8 Å². The molecule has 12 nitrogen and oxygen atoms in total. The molecule has 4 aromatic rings. The van der Waals surface area contributed by atoms with E-state index >= 15 is 0 Å². The molecular weight excluding hydrogens is 671 g/mol. The zero-order valence-corrected chi connectivity index (χ0v) is 29.3. The van der Waals surface area contributed by atoms with E-state index in [0.29, 0.717) is 29.1 Å². The van der Waals surface area contributed by atoms with Gasteiger partial charge in [-0.1, -0.05) is 61.5 Å². The van der Waals surface area contributed by atoms with E-state index in [1.807, 2.05) is 54.6 Å². The molecule has 1 aliphatic heterocycles.